The smallest absolute Gasteiger partial charge is 0.164 e. The van der Waals surface area contributed by atoms with Crippen molar-refractivity contribution in [3.8, 4) is 68.3 Å². The van der Waals surface area contributed by atoms with Gasteiger partial charge in [-0.15, -0.1) is 0 Å². The van der Waals surface area contributed by atoms with Crippen LogP contribution in [0.2, 0.25) is 0 Å². The molecule has 0 radical (unpaired) electrons. The molecule has 254 valence electrons. The first-order valence-corrected chi connectivity index (χ1v) is 17.6. The van der Waals surface area contributed by atoms with E-state index in [1.807, 2.05) is 128 Å². The van der Waals surface area contributed by atoms with Gasteiger partial charge < -0.3 is 0 Å². The normalized spacial score (nSPS) is 11.3. The van der Waals surface area contributed by atoms with Gasteiger partial charge in [0.15, 0.2) is 17.5 Å². The molecule has 10 aromatic rings. The van der Waals surface area contributed by atoms with Crippen molar-refractivity contribution in [2.24, 2.45) is 0 Å². The fourth-order valence-electron chi connectivity index (χ4n) is 6.82. The molecule has 0 saturated heterocycles. The van der Waals surface area contributed by atoms with E-state index < -0.39 is 0 Å². The van der Waals surface area contributed by atoms with Crippen molar-refractivity contribution in [3.05, 3.63) is 176 Å². The Morgan fingerprint density at radius 1 is 0.315 bits per heavy atom. The molecule has 0 atom stereocenters. The van der Waals surface area contributed by atoms with Gasteiger partial charge in [-0.05, 0) is 48.5 Å². The molecule has 0 unspecified atom stereocenters. The third-order valence-electron chi connectivity index (χ3n) is 9.40. The zero-order valence-electron chi connectivity index (χ0n) is 28.8. The first-order valence-electron chi connectivity index (χ1n) is 17.6. The molecule has 5 aromatic carbocycles. The highest BCUT2D eigenvalue weighted by molar-refractivity contribution is 5.85. The van der Waals surface area contributed by atoms with E-state index in [2.05, 4.69) is 55.5 Å². The van der Waals surface area contributed by atoms with Crippen LogP contribution in [0.15, 0.2) is 176 Å². The molecular formula is C45H29N9. The Balaban J connectivity index is 1.05. The van der Waals surface area contributed by atoms with E-state index in [9.17, 15) is 0 Å². The number of fused-ring (bicyclic) bond motifs is 2. The Labute approximate surface area is 310 Å². The number of aromatic nitrogens is 9. The molecule has 10 rings (SSSR count). The van der Waals surface area contributed by atoms with Crippen LogP contribution >= 0.6 is 0 Å². The summed E-state index contributed by atoms with van der Waals surface area (Å²) >= 11 is 0. The second kappa shape index (κ2) is 13.2. The van der Waals surface area contributed by atoms with E-state index in [-0.39, 0.29) is 0 Å². The molecule has 0 N–H and O–H groups in total. The summed E-state index contributed by atoms with van der Waals surface area (Å²) in [7, 11) is 0. The van der Waals surface area contributed by atoms with Crippen LogP contribution in [0.3, 0.4) is 0 Å². The van der Waals surface area contributed by atoms with Gasteiger partial charge in [-0.2, -0.15) is 0 Å². The Morgan fingerprint density at radius 2 is 0.704 bits per heavy atom. The van der Waals surface area contributed by atoms with Crippen molar-refractivity contribution in [1.82, 2.24) is 44.0 Å². The Bertz CT molecular complexity index is 2720. The summed E-state index contributed by atoms with van der Waals surface area (Å²) in [6.45, 7) is 0. The number of hydrogen-bond donors (Lipinski definition) is 0. The maximum Gasteiger partial charge on any atom is 0.164 e. The number of hydrogen-bond acceptors (Lipinski definition) is 7. The summed E-state index contributed by atoms with van der Waals surface area (Å²) in [6, 6.07) is 50.7. The van der Waals surface area contributed by atoms with Crippen molar-refractivity contribution in [1.29, 1.82) is 0 Å². The highest BCUT2D eigenvalue weighted by Crippen LogP contribution is 2.33. The maximum absolute atomic E-state index is 5.02. The summed E-state index contributed by atoms with van der Waals surface area (Å²) in [5.74, 6) is 3.41. The van der Waals surface area contributed by atoms with Crippen LogP contribution < -0.4 is 0 Å². The van der Waals surface area contributed by atoms with Crippen LogP contribution in [-0.4, -0.2) is 44.0 Å². The van der Waals surface area contributed by atoms with Gasteiger partial charge in [0.25, 0.3) is 0 Å². The number of pyridine rings is 2. The Morgan fingerprint density at radius 3 is 1.13 bits per heavy atom. The molecule has 5 aromatic heterocycles. The first kappa shape index (κ1) is 31.1. The van der Waals surface area contributed by atoms with Gasteiger partial charge in [-0.25, -0.2) is 24.9 Å². The second-order valence-electron chi connectivity index (χ2n) is 12.8. The monoisotopic (exact) mass is 695 g/mol. The largest absolute Gasteiger partial charge is 0.291 e. The second-order valence-corrected chi connectivity index (χ2v) is 12.8. The molecule has 0 saturated carbocycles. The molecule has 54 heavy (non-hydrogen) atoms. The standard InChI is InChI=1S/C45H29N9/c1-2-10-30(11-3-1)41-50-42(31-18-22-33(23-19-31)44-48-37-14-4-6-16-39(37)53(44)35-12-8-26-46-28-35)52-43(51-41)32-20-24-34(25-21-32)45-49-38-15-5-7-17-40(38)54(45)36-13-9-27-47-29-36/h1-29H. The van der Waals surface area contributed by atoms with Gasteiger partial charge in [0.1, 0.15) is 11.6 Å². The molecule has 0 amide bonds. The molecule has 9 heteroatoms. The lowest BCUT2D eigenvalue weighted by Crippen LogP contribution is -2.01. The first-order chi connectivity index (χ1) is 26.8. The molecule has 0 aliphatic heterocycles. The van der Waals surface area contributed by atoms with Crippen LogP contribution in [-0.2, 0) is 0 Å². The van der Waals surface area contributed by atoms with E-state index >= 15 is 0 Å². The number of rotatable bonds is 7. The van der Waals surface area contributed by atoms with Crippen LogP contribution in [0, 0.1) is 0 Å². The van der Waals surface area contributed by atoms with Crippen LogP contribution in [0.1, 0.15) is 0 Å². The van der Waals surface area contributed by atoms with Gasteiger partial charge in [-0.1, -0.05) is 103 Å². The lowest BCUT2D eigenvalue weighted by atomic mass is 10.1. The highest BCUT2D eigenvalue weighted by atomic mass is 15.1. The van der Waals surface area contributed by atoms with E-state index in [0.29, 0.717) is 17.5 Å². The molecule has 9 nitrogen and oxygen atoms in total. The number of benzene rings is 5. The third kappa shape index (κ3) is 5.57. The van der Waals surface area contributed by atoms with Crippen molar-refractivity contribution in [2.75, 3.05) is 0 Å². The minimum absolute atomic E-state index is 0.577. The average Bonchev–Trinajstić information content (AvgIpc) is 3.84. The predicted octanol–water partition coefficient (Wildman–Crippen LogP) is 9.67. The van der Waals surface area contributed by atoms with E-state index in [1.165, 1.54) is 0 Å². The molecule has 0 aliphatic rings. The molecule has 0 fully saturated rings. The van der Waals surface area contributed by atoms with Crippen molar-refractivity contribution < 1.29 is 0 Å². The van der Waals surface area contributed by atoms with Crippen LogP contribution in [0.4, 0.5) is 0 Å². The molecule has 0 spiro atoms. The van der Waals surface area contributed by atoms with Gasteiger partial charge >= 0.3 is 0 Å². The third-order valence-corrected chi connectivity index (χ3v) is 9.40. The Hall–Kier alpha value is -7.65. The zero-order valence-corrected chi connectivity index (χ0v) is 28.8. The molecule has 5 heterocycles. The number of nitrogens with zero attached hydrogens (tertiary/aromatic N) is 9. The topological polar surface area (TPSA) is 100 Å². The number of imidazole rings is 2. The van der Waals surface area contributed by atoms with Gasteiger partial charge in [-0.3, -0.25) is 19.1 Å². The minimum Gasteiger partial charge on any atom is -0.291 e. The lowest BCUT2D eigenvalue weighted by molar-refractivity contribution is 1.07. The van der Waals surface area contributed by atoms with E-state index in [1.54, 1.807) is 12.4 Å². The SMILES string of the molecule is c1ccc(-c2nc(-c3ccc(-c4nc5ccccc5n4-c4cccnc4)cc3)nc(-c3ccc(-c4nc5ccccc5n4-c4cccnc4)cc3)n2)cc1. The summed E-state index contributed by atoms with van der Waals surface area (Å²) < 4.78 is 4.28. The molecule has 0 aliphatic carbocycles. The quantitative estimate of drug-likeness (QED) is 0.164. The van der Waals surface area contributed by atoms with Crippen molar-refractivity contribution in [2.45, 2.75) is 0 Å². The minimum atomic E-state index is 0.577. The molecular weight excluding hydrogens is 667 g/mol. The summed E-state index contributed by atoms with van der Waals surface area (Å²) in [5.41, 5.74) is 10.3. The van der Waals surface area contributed by atoms with Crippen LogP contribution in [0.25, 0.3) is 90.4 Å². The predicted molar refractivity (Wildman–Crippen MR) is 212 cm³/mol. The fourth-order valence-corrected chi connectivity index (χ4v) is 6.82. The fraction of sp³-hybridized carbons (Fsp3) is 0. The summed E-state index contributed by atoms with van der Waals surface area (Å²) in [4.78, 5) is 33.7. The summed E-state index contributed by atoms with van der Waals surface area (Å²) in [6.07, 6.45) is 7.26. The van der Waals surface area contributed by atoms with Crippen molar-refractivity contribution >= 4 is 22.1 Å². The van der Waals surface area contributed by atoms with Crippen LogP contribution in [0.5, 0.6) is 0 Å². The molecule has 0 bridgehead atoms. The highest BCUT2D eigenvalue weighted by Gasteiger charge is 2.18. The maximum atomic E-state index is 5.02. The lowest BCUT2D eigenvalue weighted by Gasteiger charge is -2.11. The van der Waals surface area contributed by atoms with E-state index in [0.717, 1.165) is 72.9 Å². The average molecular weight is 696 g/mol. The van der Waals surface area contributed by atoms with Gasteiger partial charge in [0, 0.05) is 40.2 Å². The van der Waals surface area contributed by atoms with Gasteiger partial charge in [0.2, 0.25) is 0 Å². The van der Waals surface area contributed by atoms with Gasteiger partial charge in [0.05, 0.1) is 45.8 Å². The zero-order chi connectivity index (χ0) is 35.8. The van der Waals surface area contributed by atoms with E-state index in [4.69, 9.17) is 24.9 Å². The Kier molecular flexibility index (Phi) is 7.58. The van der Waals surface area contributed by atoms with Crippen molar-refractivity contribution in [3.63, 3.8) is 0 Å². The summed E-state index contributed by atoms with van der Waals surface area (Å²) in [5, 5.41) is 0. The number of para-hydroxylation sites is 4.